The molecule has 0 saturated carbocycles. The Hall–Kier alpha value is -1.51. The maximum atomic E-state index is 13.0. The lowest BCUT2D eigenvalue weighted by Crippen LogP contribution is -2.04. The highest BCUT2D eigenvalue weighted by Gasteiger charge is 2.13. The van der Waals surface area contributed by atoms with Gasteiger partial charge in [-0.1, -0.05) is 6.07 Å². The second-order valence-electron chi connectivity index (χ2n) is 2.83. The molecule has 0 aliphatic rings. The first-order chi connectivity index (χ1) is 6.07. The van der Waals surface area contributed by atoms with Crippen LogP contribution in [0, 0.1) is 12.7 Å². The average molecular weight is 180 g/mol. The van der Waals surface area contributed by atoms with Crippen LogP contribution in [0.25, 0.3) is 0 Å². The lowest BCUT2D eigenvalue weighted by atomic mass is 9.99. The highest BCUT2D eigenvalue weighted by atomic mass is 19.1. The number of hydrogen-bond donors (Lipinski definition) is 0. The second kappa shape index (κ2) is 3.47. The highest BCUT2D eigenvalue weighted by molar-refractivity contribution is 6.02. The van der Waals surface area contributed by atoms with Gasteiger partial charge in [-0.2, -0.15) is 0 Å². The van der Waals surface area contributed by atoms with Crippen LogP contribution in [0.3, 0.4) is 0 Å². The van der Waals surface area contributed by atoms with Crippen molar-refractivity contribution in [3.8, 4) is 0 Å². The normalized spacial score (nSPS) is 9.77. The molecule has 0 aliphatic heterocycles. The van der Waals surface area contributed by atoms with Gasteiger partial charge in [0.15, 0.2) is 12.1 Å². The molecule has 68 valence electrons. The number of aryl methyl sites for hydroxylation is 1. The summed E-state index contributed by atoms with van der Waals surface area (Å²) in [6, 6.07) is 2.67. The minimum Gasteiger partial charge on any atom is -0.298 e. The fourth-order valence-corrected chi connectivity index (χ4v) is 1.29. The molecule has 0 spiro atoms. The SMILES string of the molecule is CC(=O)c1c(C)ccc(F)c1C=O. The molecular weight excluding hydrogens is 171 g/mol. The number of carbonyl (C=O) groups excluding carboxylic acids is 2. The van der Waals surface area contributed by atoms with Crippen LogP contribution in [-0.2, 0) is 0 Å². The third kappa shape index (κ3) is 1.64. The molecule has 0 saturated heterocycles. The van der Waals surface area contributed by atoms with Crippen molar-refractivity contribution in [2.24, 2.45) is 0 Å². The molecule has 1 aromatic carbocycles. The summed E-state index contributed by atoms with van der Waals surface area (Å²) in [6.07, 6.45) is 0.374. The zero-order valence-corrected chi connectivity index (χ0v) is 7.43. The van der Waals surface area contributed by atoms with Gasteiger partial charge in [0.2, 0.25) is 0 Å². The zero-order chi connectivity index (χ0) is 10.0. The molecule has 0 bridgehead atoms. The van der Waals surface area contributed by atoms with Gasteiger partial charge in [0.25, 0.3) is 0 Å². The number of carbonyl (C=O) groups is 2. The molecule has 0 fully saturated rings. The summed E-state index contributed by atoms with van der Waals surface area (Å²) >= 11 is 0. The lowest BCUT2D eigenvalue weighted by Gasteiger charge is -2.05. The molecule has 0 aliphatic carbocycles. The van der Waals surface area contributed by atoms with Crippen LogP contribution in [-0.4, -0.2) is 12.1 Å². The van der Waals surface area contributed by atoms with E-state index in [4.69, 9.17) is 0 Å². The van der Waals surface area contributed by atoms with Crippen molar-refractivity contribution in [2.75, 3.05) is 0 Å². The van der Waals surface area contributed by atoms with Gasteiger partial charge in [0.1, 0.15) is 5.82 Å². The number of halogens is 1. The minimum atomic E-state index is -0.647. The quantitative estimate of drug-likeness (QED) is 0.516. The van der Waals surface area contributed by atoms with Crippen LogP contribution in [0.15, 0.2) is 12.1 Å². The van der Waals surface area contributed by atoms with Crippen molar-refractivity contribution in [3.63, 3.8) is 0 Å². The summed E-state index contributed by atoms with van der Waals surface area (Å²) in [5.74, 6) is -0.940. The topological polar surface area (TPSA) is 34.1 Å². The molecule has 0 radical (unpaired) electrons. The first kappa shape index (κ1) is 9.58. The average Bonchev–Trinajstić information content (AvgIpc) is 2.07. The molecule has 13 heavy (non-hydrogen) atoms. The zero-order valence-electron chi connectivity index (χ0n) is 7.43. The van der Waals surface area contributed by atoms with Gasteiger partial charge in [-0.15, -0.1) is 0 Å². The third-order valence-corrected chi connectivity index (χ3v) is 1.87. The Balaban J connectivity index is 3.52. The van der Waals surface area contributed by atoms with E-state index in [9.17, 15) is 14.0 Å². The van der Waals surface area contributed by atoms with Crippen LogP contribution in [0.1, 0.15) is 33.2 Å². The number of Topliss-reactive ketones (excluding diaryl/α,β-unsaturated/α-hetero) is 1. The molecule has 0 unspecified atom stereocenters. The molecule has 0 aromatic heterocycles. The van der Waals surface area contributed by atoms with E-state index >= 15 is 0 Å². The summed E-state index contributed by atoms with van der Waals surface area (Å²) in [7, 11) is 0. The van der Waals surface area contributed by atoms with Crippen LogP contribution in [0.5, 0.6) is 0 Å². The molecule has 0 amide bonds. The second-order valence-corrected chi connectivity index (χ2v) is 2.83. The Kier molecular flexibility index (Phi) is 2.56. The maximum absolute atomic E-state index is 13.0. The summed E-state index contributed by atoms with van der Waals surface area (Å²) in [5.41, 5.74) is 0.651. The van der Waals surface area contributed by atoms with Gasteiger partial charge in [-0.25, -0.2) is 4.39 Å². The Morgan fingerprint density at radius 3 is 2.46 bits per heavy atom. The van der Waals surface area contributed by atoms with Crippen molar-refractivity contribution in [2.45, 2.75) is 13.8 Å². The first-order valence-corrected chi connectivity index (χ1v) is 3.83. The number of benzene rings is 1. The molecule has 1 rings (SSSR count). The fraction of sp³-hybridized carbons (Fsp3) is 0.200. The Bertz CT molecular complexity index is 369. The van der Waals surface area contributed by atoms with Gasteiger partial charge in [-0.05, 0) is 25.5 Å². The summed E-state index contributed by atoms with van der Waals surface area (Å²) in [6.45, 7) is 2.98. The van der Waals surface area contributed by atoms with Gasteiger partial charge in [0.05, 0.1) is 5.56 Å². The number of ketones is 1. The van der Waals surface area contributed by atoms with Crippen LogP contribution < -0.4 is 0 Å². The largest absolute Gasteiger partial charge is 0.298 e. The van der Waals surface area contributed by atoms with E-state index in [0.717, 1.165) is 0 Å². The van der Waals surface area contributed by atoms with Gasteiger partial charge in [-0.3, -0.25) is 9.59 Å². The molecule has 0 atom stereocenters. The Morgan fingerprint density at radius 2 is 2.08 bits per heavy atom. The van der Waals surface area contributed by atoms with E-state index in [1.165, 1.54) is 19.1 Å². The van der Waals surface area contributed by atoms with Crippen molar-refractivity contribution in [1.29, 1.82) is 0 Å². The van der Waals surface area contributed by atoms with E-state index in [2.05, 4.69) is 0 Å². The summed E-state index contributed by atoms with van der Waals surface area (Å²) in [4.78, 5) is 21.6. The van der Waals surface area contributed by atoms with Crippen LogP contribution in [0.4, 0.5) is 4.39 Å². The van der Waals surface area contributed by atoms with Gasteiger partial charge >= 0.3 is 0 Å². The van der Waals surface area contributed by atoms with Crippen molar-refractivity contribution in [3.05, 3.63) is 34.6 Å². The standard InChI is InChI=1S/C10H9FO2/c1-6-3-4-9(11)8(5-12)10(6)7(2)13/h3-5H,1-2H3. The maximum Gasteiger partial charge on any atom is 0.160 e. The predicted octanol–water partition coefficient (Wildman–Crippen LogP) is 2.15. The van der Waals surface area contributed by atoms with Gasteiger partial charge < -0.3 is 0 Å². The third-order valence-electron chi connectivity index (χ3n) is 1.87. The molecule has 0 N–H and O–H groups in total. The molecule has 1 aromatic rings. The molecule has 0 heterocycles. The number of hydrogen-bond acceptors (Lipinski definition) is 2. The van der Waals surface area contributed by atoms with E-state index in [1.54, 1.807) is 6.92 Å². The Morgan fingerprint density at radius 1 is 1.46 bits per heavy atom. The van der Waals surface area contributed by atoms with Crippen LogP contribution >= 0.6 is 0 Å². The van der Waals surface area contributed by atoms with Crippen LogP contribution in [0.2, 0.25) is 0 Å². The molecule has 2 nitrogen and oxygen atoms in total. The van der Waals surface area contributed by atoms with E-state index in [1.807, 2.05) is 0 Å². The predicted molar refractivity (Wildman–Crippen MR) is 46.5 cm³/mol. The van der Waals surface area contributed by atoms with E-state index in [0.29, 0.717) is 11.8 Å². The fourth-order valence-electron chi connectivity index (χ4n) is 1.29. The summed E-state index contributed by atoms with van der Waals surface area (Å²) in [5, 5.41) is 0. The summed E-state index contributed by atoms with van der Waals surface area (Å²) < 4.78 is 13.0. The number of rotatable bonds is 2. The number of aldehydes is 1. The smallest absolute Gasteiger partial charge is 0.160 e. The monoisotopic (exact) mass is 180 g/mol. The van der Waals surface area contributed by atoms with Crippen molar-refractivity contribution in [1.82, 2.24) is 0 Å². The minimum absolute atomic E-state index is 0.146. The van der Waals surface area contributed by atoms with Gasteiger partial charge in [0, 0.05) is 5.56 Å². The lowest BCUT2D eigenvalue weighted by molar-refractivity contribution is 0.100. The first-order valence-electron chi connectivity index (χ1n) is 3.83. The van der Waals surface area contributed by atoms with E-state index in [-0.39, 0.29) is 16.9 Å². The Labute approximate surface area is 75.4 Å². The molecular formula is C10H9FO2. The van der Waals surface area contributed by atoms with Crippen molar-refractivity contribution < 1.29 is 14.0 Å². The highest BCUT2D eigenvalue weighted by Crippen LogP contribution is 2.16. The van der Waals surface area contributed by atoms with E-state index < -0.39 is 5.82 Å². The van der Waals surface area contributed by atoms with Crippen molar-refractivity contribution >= 4 is 12.1 Å². The molecule has 3 heteroatoms.